The number of aryl methyl sites for hydroxylation is 1. The SMILES string of the molecule is Cc1nc(Cl)cc(=O)n1CCC(C)O. The maximum Gasteiger partial charge on any atom is 0.254 e. The van der Waals surface area contributed by atoms with Gasteiger partial charge in [-0.15, -0.1) is 0 Å². The van der Waals surface area contributed by atoms with Crippen LogP contribution >= 0.6 is 11.6 Å². The maximum atomic E-state index is 11.4. The summed E-state index contributed by atoms with van der Waals surface area (Å²) in [4.78, 5) is 15.4. The van der Waals surface area contributed by atoms with E-state index < -0.39 is 6.10 Å². The van der Waals surface area contributed by atoms with Gasteiger partial charge >= 0.3 is 0 Å². The Morgan fingerprint density at radius 1 is 1.71 bits per heavy atom. The van der Waals surface area contributed by atoms with Crippen molar-refractivity contribution in [2.75, 3.05) is 0 Å². The van der Waals surface area contributed by atoms with Gasteiger partial charge in [-0.05, 0) is 20.3 Å². The second-order valence-electron chi connectivity index (χ2n) is 3.25. The molecule has 0 fully saturated rings. The molecule has 1 unspecified atom stereocenters. The van der Waals surface area contributed by atoms with Gasteiger partial charge in [0, 0.05) is 12.6 Å². The highest BCUT2D eigenvalue weighted by Crippen LogP contribution is 2.02. The molecule has 0 aliphatic rings. The molecule has 0 bridgehead atoms. The standard InChI is InChI=1S/C9H13ClN2O2/c1-6(13)3-4-12-7(2)11-8(10)5-9(12)14/h5-6,13H,3-4H2,1-2H3. The van der Waals surface area contributed by atoms with Crippen LogP contribution in [0.15, 0.2) is 10.9 Å². The van der Waals surface area contributed by atoms with E-state index in [0.717, 1.165) is 0 Å². The number of halogens is 1. The summed E-state index contributed by atoms with van der Waals surface area (Å²) in [5, 5.41) is 9.30. The van der Waals surface area contributed by atoms with Crippen LogP contribution in [-0.2, 0) is 6.54 Å². The predicted octanol–water partition coefficient (Wildman–Crippen LogP) is 0.976. The smallest absolute Gasteiger partial charge is 0.254 e. The number of hydrogen-bond donors (Lipinski definition) is 1. The summed E-state index contributed by atoms with van der Waals surface area (Å²) >= 11 is 5.61. The molecule has 1 aromatic rings. The van der Waals surface area contributed by atoms with Crippen molar-refractivity contribution in [3.05, 3.63) is 27.4 Å². The largest absolute Gasteiger partial charge is 0.393 e. The normalized spacial score (nSPS) is 12.9. The molecule has 1 N–H and O–H groups in total. The summed E-state index contributed by atoms with van der Waals surface area (Å²) < 4.78 is 1.50. The molecule has 1 atom stereocenters. The van der Waals surface area contributed by atoms with Gasteiger partial charge in [-0.2, -0.15) is 0 Å². The summed E-state index contributed by atoms with van der Waals surface area (Å²) in [5.41, 5.74) is -0.178. The monoisotopic (exact) mass is 216 g/mol. The molecular weight excluding hydrogens is 204 g/mol. The van der Waals surface area contributed by atoms with Gasteiger partial charge in [0.15, 0.2) is 0 Å². The second-order valence-corrected chi connectivity index (χ2v) is 3.64. The lowest BCUT2D eigenvalue weighted by Crippen LogP contribution is -2.24. The molecule has 0 saturated carbocycles. The van der Waals surface area contributed by atoms with Crippen LogP contribution in [0.2, 0.25) is 5.15 Å². The first-order valence-electron chi connectivity index (χ1n) is 4.42. The number of aliphatic hydroxyl groups is 1. The summed E-state index contributed by atoms with van der Waals surface area (Å²) in [5.74, 6) is 0.572. The highest BCUT2D eigenvalue weighted by Gasteiger charge is 2.04. The quantitative estimate of drug-likeness (QED) is 0.767. The minimum atomic E-state index is -0.419. The van der Waals surface area contributed by atoms with E-state index in [2.05, 4.69) is 4.98 Å². The molecule has 1 rings (SSSR count). The molecule has 0 amide bonds. The lowest BCUT2D eigenvalue weighted by molar-refractivity contribution is 0.177. The first-order valence-corrected chi connectivity index (χ1v) is 4.80. The molecule has 0 aromatic carbocycles. The Kier molecular flexibility index (Phi) is 3.66. The lowest BCUT2D eigenvalue weighted by Gasteiger charge is -2.09. The van der Waals surface area contributed by atoms with Crippen molar-refractivity contribution in [2.24, 2.45) is 0 Å². The zero-order chi connectivity index (χ0) is 10.7. The van der Waals surface area contributed by atoms with Crippen LogP contribution in [0.1, 0.15) is 19.2 Å². The van der Waals surface area contributed by atoms with E-state index in [1.807, 2.05) is 0 Å². The van der Waals surface area contributed by atoms with E-state index >= 15 is 0 Å². The summed E-state index contributed by atoms with van der Waals surface area (Å²) in [6, 6.07) is 1.27. The molecule has 0 aliphatic carbocycles. The topological polar surface area (TPSA) is 55.1 Å². The van der Waals surface area contributed by atoms with Gasteiger partial charge in [0.1, 0.15) is 11.0 Å². The molecule has 5 heteroatoms. The number of aromatic nitrogens is 2. The average Bonchev–Trinajstić information content (AvgIpc) is 2.01. The van der Waals surface area contributed by atoms with E-state index in [9.17, 15) is 4.79 Å². The van der Waals surface area contributed by atoms with Gasteiger partial charge in [0.05, 0.1) is 6.10 Å². The highest BCUT2D eigenvalue weighted by atomic mass is 35.5. The Bertz CT molecular complexity index is 374. The lowest BCUT2D eigenvalue weighted by atomic mass is 10.3. The van der Waals surface area contributed by atoms with E-state index in [-0.39, 0.29) is 10.7 Å². The van der Waals surface area contributed by atoms with Crippen LogP contribution < -0.4 is 5.56 Å². The van der Waals surface area contributed by atoms with Gasteiger partial charge in [-0.1, -0.05) is 11.6 Å². The minimum absolute atomic E-state index is 0.178. The maximum absolute atomic E-state index is 11.4. The van der Waals surface area contributed by atoms with Crippen molar-refractivity contribution >= 4 is 11.6 Å². The summed E-state index contributed by atoms with van der Waals surface area (Å²) in [6.45, 7) is 3.87. The van der Waals surface area contributed by atoms with Crippen molar-refractivity contribution in [3.8, 4) is 0 Å². The Morgan fingerprint density at radius 3 is 2.86 bits per heavy atom. The van der Waals surface area contributed by atoms with Gasteiger partial charge in [0.25, 0.3) is 5.56 Å². The zero-order valence-electron chi connectivity index (χ0n) is 8.20. The average molecular weight is 217 g/mol. The predicted molar refractivity (Wildman–Crippen MR) is 54.5 cm³/mol. The summed E-state index contributed by atoms with van der Waals surface area (Å²) in [7, 11) is 0. The van der Waals surface area contributed by atoms with E-state index in [1.165, 1.54) is 10.6 Å². The van der Waals surface area contributed by atoms with Gasteiger partial charge in [0.2, 0.25) is 0 Å². The highest BCUT2D eigenvalue weighted by molar-refractivity contribution is 6.29. The molecule has 1 heterocycles. The fourth-order valence-electron chi connectivity index (χ4n) is 1.17. The minimum Gasteiger partial charge on any atom is -0.393 e. The fraction of sp³-hybridized carbons (Fsp3) is 0.556. The summed E-state index contributed by atoms with van der Waals surface area (Å²) in [6.07, 6.45) is 0.112. The molecule has 0 aliphatic heterocycles. The van der Waals surface area contributed by atoms with Crippen LogP contribution in [-0.4, -0.2) is 20.8 Å². The van der Waals surface area contributed by atoms with E-state index in [1.54, 1.807) is 13.8 Å². The van der Waals surface area contributed by atoms with Crippen molar-refractivity contribution < 1.29 is 5.11 Å². The first-order chi connectivity index (χ1) is 6.50. The third kappa shape index (κ3) is 2.82. The van der Waals surface area contributed by atoms with Crippen molar-refractivity contribution in [1.29, 1.82) is 0 Å². The van der Waals surface area contributed by atoms with Gasteiger partial charge in [-0.3, -0.25) is 9.36 Å². The first kappa shape index (κ1) is 11.2. The molecule has 0 saturated heterocycles. The van der Waals surface area contributed by atoms with Crippen molar-refractivity contribution in [1.82, 2.24) is 9.55 Å². The molecule has 78 valence electrons. The zero-order valence-corrected chi connectivity index (χ0v) is 8.95. The molecular formula is C9H13ClN2O2. The van der Waals surface area contributed by atoms with E-state index in [0.29, 0.717) is 18.8 Å². The van der Waals surface area contributed by atoms with Gasteiger partial charge in [-0.25, -0.2) is 4.98 Å². The number of rotatable bonds is 3. The van der Waals surface area contributed by atoms with Crippen molar-refractivity contribution in [2.45, 2.75) is 32.9 Å². The van der Waals surface area contributed by atoms with Gasteiger partial charge < -0.3 is 5.11 Å². The molecule has 0 spiro atoms. The van der Waals surface area contributed by atoms with Crippen LogP contribution in [0.5, 0.6) is 0 Å². The van der Waals surface area contributed by atoms with Crippen LogP contribution in [0.4, 0.5) is 0 Å². The molecule has 4 nitrogen and oxygen atoms in total. The number of hydrogen-bond acceptors (Lipinski definition) is 3. The fourth-order valence-corrected chi connectivity index (χ4v) is 1.39. The van der Waals surface area contributed by atoms with Crippen molar-refractivity contribution in [3.63, 3.8) is 0 Å². The third-order valence-electron chi connectivity index (χ3n) is 1.94. The Morgan fingerprint density at radius 2 is 2.36 bits per heavy atom. The third-order valence-corrected chi connectivity index (χ3v) is 2.13. The Balaban J connectivity index is 2.92. The second kappa shape index (κ2) is 4.57. The van der Waals surface area contributed by atoms with Crippen LogP contribution in [0.3, 0.4) is 0 Å². The Labute approximate surface area is 87.2 Å². The number of aliphatic hydroxyl groups excluding tert-OH is 1. The van der Waals surface area contributed by atoms with E-state index in [4.69, 9.17) is 16.7 Å². The Hall–Kier alpha value is -0.870. The molecule has 0 radical (unpaired) electrons. The van der Waals surface area contributed by atoms with Crippen LogP contribution in [0, 0.1) is 6.92 Å². The number of nitrogens with zero attached hydrogens (tertiary/aromatic N) is 2. The van der Waals surface area contributed by atoms with Crippen LogP contribution in [0.25, 0.3) is 0 Å². The molecule has 14 heavy (non-hydrogen) atoms. The molecule has 1 aromatic heterocycles.